The molecule has 0 spiro atoms. The van der Waals surface area contributed by atoms with Crippen LogP contribution in [0.4, 0.5) is 5.69 Å². The van der Waals surface area contributed by atoms with E-state index >= 15 is 0 Å². The molecule has 3 amide bonds. The van der Waals surface area contributed by atoms with Crippen LogP contribution in [-0.2, 0) is 14.2 Å². The summed E-state index contributed by atoms with van der Waals surface area (Å²) in [6.45, 7) is 3.46. The Hall–Kier alpha value is -2.37. The van der Waals surface area contributed by atoms with Crippen LogP contribution in [0.15, 0.2) is 12.1 Å². The first-order valence-corrected chi connectivity index (χ1v) is 17.4. The highest BCUT2D eigenvalue weighted by Gasteiger charge is 2.23. The van der Waals surface area contributed by atoms with Crippen LogP contribution in [0, 0.1) is 0 Å². The molecular formula is C29H49ClN5O7P. The molecule has 1 aromatic rings. The summed E-state index contributed by atoms with van der Waals surface area (Å²) < 4.78 is 16.0. The highest BCUT2D eigenvalue weighted by atomic mass is 35.5. The summed E-state index contributed by atoms with van der Waals surface area (Å²) in [5.41, 5.74) is 6.56. The van der Waals surface area contributed by atoms with Crippen molar-refractivity contribution in [2.24, 2.45) is 0 Å². The molecule has 1 aliphatic heterocycles. The molecule has 0 atom stereocenters. The number of rotatable bonds is 20. The number of nitrogens with zero attached hydrogens (tertiary/aromatic N) is 1. The number of hydrogen-bond acceptors (Lipinski definition) is 7. The Labute approximate surface area is 260 Å². The molecular weight excluding hydrogens is 597 g/mol. The average Bonchev–Trinajstić information content (AvgIpc) is 2.95. The van der Waals surface area contributed by atoms with Crippen LogP contribution < -0.4 is 26.4 Å². The lowest BCUT2D eigenvalue weighted by molar-refractivity contribution is -0.122. The lowest BCUT2D eigenvalue weighted by Crippen LogP contribution is -2.44. The molecule has 43 heavy (non-hydrogen) atoms. The van der Waals surface area contributed by atoms with E-state index in [1.807, 2.05) is 0 Å². The number of piperidine rings is 1. The van der Waals surface area contributed by atoms with Crippen LogP contribution in [0.1, 0.15) is 87.4 Å². The number of halogens is 1. The summed E-state index contributed by atoms with van der Waals surface area (Å²) in [5, 5.41) is 8.91. The van der Waals surface area contributed by atoms with Gasteiger partial charge in [0.25, 0.3) is 5.91 Å². The third kappa shape index (κ3) is 15.8. The van der Waals surface area contributed by atoms with Crippen molar-refractivity contribution in [3.05, 3.63) is 22.7 Å². The van der Waals surface area contributed by atoms with Crippen molar-refractivity contribution in [3.63, 3.8) is 0 Å². The Morgan fingerprint density at radius 3 is 2.16 bits per heavy atom. The van der Waals surface area contributed by atoms with Gasteiger partial charge < -0.3 is 41.1 Å². The zero-order valence-corrected chi connectivity index (χ0v) is 26.9. The lowest BCUT2D eigenvalue weighted by atomic mass is 10.0. The maximum absolute atomic E-state index is 12.8. The zero-order chi connectivity index (χ0) is 31.7. The van der Waals surface area contributed by atoms with E-state index in [9.17, 15) is 18.9 Å². The topological polar surface area (TPSA) is 183 Å². The van der Waals surface area contributed by atoms with E-state index in [1.165, 1.54) is 7.11 Å². The Balaban J connectivity index is 1.43. The predicted molar refractivity (Wildman–Crippen MR) is 168 cm³/mol. The maximum atomic E-state index is 12.8. The van der Waals surface area contributed by atoms with Gasteiger partial charge in [-0.1, -0.05) is 37.3 Å². The molecule has 1 aromatic carbocycles. The molecule has 1 fully saturated rings. The van der Waals surface area contributed by atoms with Crippen molar-refractivity contribution in [2.75, 3.05) is 51.7 Å². The molecule has 7 N–H and O–H groups in total. The molecule has 0 aliphatic carbocycles. The van der Waals surface area contributed by atoms with Gasteiger partial charge in [0.1, 0.15) is 5.75 Å². The average molecular weight is 646 g/mol. The van der Waals surface area contributed by atoms with Gasteiger partial charge in [-0.2, -0.15) is 0 Å². The minimum atomic E-state index is -4.07. The number of unbranched alkanes of at least 4 members (excludes halogenated alkanes) is 6. The van der Waals surface area contributed by atoms with E-state index in [0.717, 1.165) is 83.8 Å². The fourth-order valence-corrected chi connectivity index (χ4v) is 5.53. The number of benzene rings is 1. The molecule has 2 rings (SSSR count). The first-order chi connectivity index (χ1) is 20.5. The molecule has 0 saturated carbocycles. The number of nitrogens with two attached hydrogens (primary N) is 1. The SMILES string of the molecule is COc1cc(N)c(Cl)cc1C(=O)NC1CCN(CCCCCC(=O)NCCCCCCCC(=O)NCCP(=O)(O)O)CC1. The van der Waals surface area contributed by atoms with E-state index in [-0.39, 0.29) is 36.5 Å². The number of nitrogen functional groups attached to an aromatic ring is 1. The molecule has 0 bridgehead atoms. The molecule has 0 aromatic heterocycles. The minimum Gasteiger partial charge on any atom is -0.496 e. The van der Waals surface area contributed by atoms with Crippen molar-refractivity contribution in [1.29, 1.82) is 0 Å². The largest absolute Gasteiger partial charge is 0.496 e. The van der Waals surface area contributed by atoms with Gasteiger partial charge in [-0.3, -0.25) is 18.9 Å². The van der Waals surface area contributed by atoms with Crippen molar-refractivity contribution < 1.29 is 33.5 Å². The third-order valence-corrected chi connectivity index (χ3v) is 8.63. The monoisotopic (exact) mass is 645 g/mol. The number of carbonyl (C=O) groups excluding carboxylic acids is 3. The van der Waals surface area contributed by atoms with E-state index in [4.69, 9.17) is 31.9 Å². The van der Waals surface area contributed by atoms with Gasteiger partial charge in [-0.25, -0.2) is 0 Å². The second kappa shape index (κ2) is 19.8. The number of nitrogens with one attached hydrogen (secondary N) is 3. The zero-order valence-electron chi connectivity index (χ0n) is 25.2. The van der Waals surface area contributed by atoms with Crippen LogP contribution in [0.3, 0.4) is 0 Å². The van der Waals surface area contributed by atoms with Crippen molar-refractivity contribution >= 4 is 42.6 Å². The molecule has 1 aliphatic rings. The third-order valence-electron chi connectivity index (χ3n) is 7.49. The Bertz CT molecular complexity index is 1080. The summed E-state index contributed by atoms with van der Waals surface area (Å²) in [4.78, 5) is 56.5. The van der Waals surface area contributed by atoms with Gasteiger partial charge in [-0.15, -0.1) is 0 Å². The normalized spacial score (nSPS) is 14.3. The van der Waals surface area contributed by atoms with Crippen molar-refractivity contribution in [2.45, 2.75) is 83.1 Å². The predicted octanol–water partition coefficient (Wildman–Crippen LogP) is 3.44. The molecule has 244 valence electrons. The molecule has 0 radical (unpaired) electrons. The van der Waals surface area contributed by atoms with E-state index < -0.39 is 7.60 Å². The number of likely N-dealkylation sites (tertiary alicyclic amines) is 1. The van der Waals surface area contributed by atoms with Gasteiger partial charge in [0.2, 0.25) is 11.8 Å². The Morgan fingerprint density at radius 1 is 0.953 bits per heavy atom. The molecule has 1 saturated heterocycles. The number of amides is 3. The van der Waals surface area contributed by atoms with Gasteiger partial charge >= 0.3 is 7.60 Å². The van der Waals surface area contributed by atoms with Gasteiger partial charge in [0, 0.05) is 51.1 Å². The molecule has 0 unspecified atom stereocenters. The standard InChI is InChI=1S/C29H49ClN5O7P/c1-42-26-21-25(31)24(30)20-23(26)29(38)34-22-12-17-35(18-13-22)16-9-5-7-11-27(36)32-14-8-4-2-3-6-10-28(37)33-15-19-43(39,40)41/h20-22H,2-19,31H2,1H3,(H,32,36)(H,33,37)(H,34,38)(H2,39,40,41). The van der Waals surface area contributed by atoms with Crippen LogP contribution in [-0.4, -0.2) is 84.4 Å². The molecule has 12 nitrogen and oxygen atoms in total. The van der Waals surface area contributed by atoms with E-state index in [0.29, 0.717) is 41.4 Å². The summed E-state index contributed by atoms with van der Waals surface area (Å²) in [6.07, 6.45) is 9.67. The van der Waals surface area contributed by atoms with Crippen molar-refractivity contribution in [3.8, 4) is 5.75 Å². The van der Waals surface area contributed by atoms with Gasteiger partial charge in [0.05, 0.1) is 29.5 Å². The quantitative estimate of drug-likeness (QED) is 0.0702. The summed E-state index contributed by atoms with van der Waals surface area (Å²) >= 11 is 6.10. The Morgan fingerprint density at radius 2 is 1.53 bits per heavy atom. The summed E-state index contributed by atoms with van der Waals surface area (Å²) in [5.74, 6) is 0.0886. The second-order valence-electron chi connectivity index (χ2n) is 11.1. The number of carbonyl (C=O) groups is 3. The van der Waals surface area contributed by atoms with Crippen molar-refractivity contribution in [1.82, 2.24) is 20.9 Å². The fourth-order valence-electron chi connectivity index (χ4n) is 4.96. The fraction of sp³-hybridized carbons (Fsp3) is 0.690. The van der Waals surface area contributed by atoms with E-state index in [1.54, 1.807) is 12.1 Å². The smallest absolute Gasteiger partial charge is 0.327 e. The van der Waals surface area contributed by atoms with Crippen LogP contribution in [0.2, 0.25) is 5.02 Å². The summed E-state index contributed by atoms with van der Waals surface area (Å²) in [7, 11) is -2.58. The number of hydrogen-bond donors (Lipinski definition) is 6. The number of methoxy groups -OCH3 is 1. The minimum absolute atomic E-state index is 0.00941. The highest BCUT2D eigenvalue weighted by Crippen LogP contribution is 2.33. The number of anilines is 1. The van der Waals surface area contributed by atoms with Gasteiger partial charge in [-0.05, 0) is 51.1 Å². The Kier molecular flexibility index (Phi) is 17.0. The van der Waals surface area contributed by atoms with Crippen LogP contribution in [0.25, 0.3) is 0 Å². The highest BCUT2D eigenvalue weighted by molar-refractivity contribution is 7.51. The molecule has 1 heterocycles. The number of ether oxygens (including phenoxy) is 1. The van der Waals surface area contributed by atoms with Crippen LogP contribution in [0.5, 0.6) is 5.75 Å². The van der Waals surface area contributed by atoms with E-state index in [2.05, 4.69) is 20.9 Å². The second-order valence-corrected chi connectivity index (χ2v) is 13.3. The van der Waals surface area contributed by atoms with Gasteiger partial charge in [0.15, 0.2) is 0 Å². The maximum Gasteiger partial charge on any atom is 0.327 e. The first-order valence-electron chi connectivity index (χ1n) is 15.2. The summed E-state index contributed by atoms with van der Waals surface area (Å²) in [6, 6.07) is 3.20. The molecule has 14 heteroatoms. The van der Waals surface area contributed by atoms with Crippen LogP contribution >= 0.6 is 19.2 Å². The lowest BCUT2D eigenvalue weighted by Gasteiger charge is -2.32. The first kappa shape index (κ1) is 36.8.